The summed E-state index contributed by atoms with van der Waals surface area (Å²) < 4.78 is 0. The first-order chi connectivity index (χ1) is 7.43. The van der Waals surface area contributed by atoms with Gasteiger partial charge in [-0.25, -0.2) is 0 Å². The second kappa shape index (κ2) is 13.1. The van der Waals surface area contributed by atoms with Crippen molar-refractivity contribution in [3.8, 4) is 0 Å². The summed E-state index contributed by atoms with van der Waals surface area (Å²) in [5, 5.41) is 0. The molecule has 0 aromatic heterocycles. The molecule has 16 heavy (non-hydrogen) atoms. The van der Waals surface area contributed by atoms with Crippen LogP contribution in [-0.2, 0) is 0 Å². The van der Waals surface area contributed by atoms with Gasteiger partial charge in [0.2, 0.25) is 0 Å². The van der Waals surface area contributed by atoms with Gasteiger partial charge in [-0.1, -0.05) is 87.0 Å². The molecule has 0 rings (SSSR count). The van der Waals surface area contributed by atoms with Crippen molar-refractivity contribution in [1.29, 1.82) is 0 Å². The lowest BCUT2D eigenvalue weighted by atomic mass is 9.91. The molecule has 0 saturated heterocycles. The van der Waals surface area contributed by atoms with Gasteiger partial charge in [0.15, 0.2) is 0 Å². The summed E-state index contributed by atoms with van der Waals surface area (Å²) in [5.41, 5.74) is 0. The molecule has 100 valence electrons. The van der Waals surface area contributed by atoms with Crippen molar-refractivity contribution in [3.63, 3.8) is 0 Å². The number of rotatable bonds is 7. The maximum absolute atomic E-state index is 2.33. The lowest BCUT2D eigenvalue weighted by Gasteiger charge is -2.15. The Morgan fingerprint density at radius 3 is 1.25 bits per heavy atom. The lowest BCUT2D eigenvalue weighted by molar-refractivity contribution is 0.373. The molecule has 0 aliphatic carbocycles. The predicted octanol–water partition coefficient (Wildman–Crippen LogP) is 6.30. The highest BCUT2D eigenvalue weighted by Crippen LogP contribution is 2.21. The van der Waals surface area contributed by atoms with Gasteiger partial charge in [-0.15, -0.1) is 0 Å². The first kappa shape index (κ1) is 18.4. The van der Waals surface area contributed by atoms with Gasteiger partial charge in [-0.05, 0) is 17.8 Å². The third-order valence-corrected chi connectivity index (χ3v) is 2.55. The second-order valence-electron chi connectivity index (χ2n) is 6.15. The van der Waals surface area contributed by atoms with Crippen LogP contribution >= 0.6 is 0 Å². The fourth-order valence-corrected chi connectivity index (χ4v) is 1.82. The summed E-state index contributed by atoms with van der Waals surface area (Å²) in [6.07, 6.45) is 8.50. The molecular formula is C16H36. The molecule has 0 heterocycles. The molecule has 0 aliphatic heterocycles. The lowest BCUT2D eigenvalue weighted by Crippen LogP contribution is -2.01. The standard InChI is InChI=1S/C12H26.C4H10/c1-5-7-12(8-6-2)10-9-11(3)4;1-4(2)3/h11-12H,5-10H2,1-4H3;4H,1-3H3. The minimum atomic E-state index is 0.833. The third-order valence-electron chi connectivity index (χ3n) is 2.55. The smallest absolute Gasteiger partial charge is 0.0414 e. The van der Waals surface area contributed by atoms with Gasteiger partial charge in [0, 0.05) is 0 Å². The van der Waals surface area contributed by atoms with E-state index in [0.29, 0.717) is 0 Å². The number of hydrogen-bond acceptors (Lipinski definition) is 0. The summed E-state index contributed by atoms with van der Waals surface area (Å²) in [6, 6.07) is 0. The first-order valence-corrected chi connectivity index (χ1v) is 7.43. The maximum Gasteiger partial charge on any atom is -0.0414 e. The Balaban J connectivity index is 0. The van der Waals surface area contributed by atoms with E-state index in [2.05, 4.69) is 48.5 Å². The zero-order valence-electron chi connectivity index (χ0n) is 13.0. The Morgan fingerprint density at radius 1 is 0.625 bits per heavy atom. The van der Waals surface area contributed by atoms with Crippen molar-refractivity contribution in [2.75, 3.05) is 0 Å². The Hall–Kier alpha value is 0. The fraction of sp³-hybridized carbons (Fsp3) is 1.00. The van der Waals surface area contributed by atoms with Crippen LogP contribution in [0.25, 0.3) is 0 Å². The molecule has 0 radical (unpaired) electrons. The molecule has 0 atom stereocenters. The average Bonchev–Trinajstić information content (AvgIpc) is 2.14. The molecule has 0 spiro atoms. The van der Waals surface area contributed by atoms with E-state index in [1.165, 1.54) is 38.5 Å². The molecule has 0 bridgehead atoms. The van der Waals surface area contributed by atoms with Crippen LogP contribution in [0.2, 0.25) is 0 Å². The van der Waals surface area contributed by atoms with Crippen LogP contribution in [0.15, 0.2) is 0 Å². The van der Waals surface area contributed by atoms with E-state index in [0.717, 1.165) is 17.8 Å². The Bertz CT molecular complexity index is 104. The van der Waals surface area contributed by atoms with E-state index in [1.54, 1.807) is 0 Å². The molecule has 0 aromatic carbocycles. The largest absolute Gasteiger partial charge is 0.0654 e. The fourth-order valence-electron chi connectivity index (χ4n) is 1.82. The highest BCUT2D eigenvalue weighted by Gasteiger charge is 2.06. The van der Waals surface area contributed by atoms with Gasteiger partial charge >= 0.3 is 0 Å². The van der Waals surface area contributed by atoms with Crippen LogP contribution < -0.4 is 0 Å². The predicted molar refractivity (Wildman–Crippen MR) is 77.9 cm³/mol. The van der Waals surface area contributed by atoms with Crippen LogP contribution in [0.5, 0.6) is 0 Å². The first-order valence-electron chi connectivity index (χ1n) is 7.43. The van der Waals surface area contributed by atoms with Crippen LogP contribution in [0.3, 0.4) is 0 Å². The molecular weight excluding hydrogens is 192 g/mol. The summed E-state index contributed by atoms with van der Waals surface area (Å²) in [7, 11) is 0. The molecule has 0 heteroatoms. The van der Waals surface area contributed by atoms with E-state index < -0.39 is 0 Å². The SMILES string of the molecule is CC(C)C.CCCC(CCC)CCC(C)C. The van der Waals surface area contributed by atoms with Crippen molar-refractivity contribution in [2.24, 2.45) is 17.8 Å². The number of hydrogen-bond donors (Lipinski definition) is 0. The third kappa shape index (κ3) is 19.6. The summed E-state index contributed by atoms with van der Waals surface area (Å²) in [4.78, 5) is 0. The normalized spacial score (nSPS) is 10.9. The Kier molecular flexibility index (Phi) is 15.0. The highest BCUT2D eigenvalue weighted by molar-refractivity contribution is 4.59. The minimum Gasteiger partial charge on any atom is -0.0654 e. The maximum atomic E-state index is 2.33. The highest BCUT2D eigenvalue weighted by atomic mass is 14.1. The van der Waals surface area contributed by atoms with Gasteiger partial charge in [0.25, 0.3) is 0 Å². The van der Waals surface area contributed by atoms with Gasteiger partial charge < -0.3 is 0 Å². The second-order valence-corrected chi connectivity index (χ2v) is 6.15. The summed E-state index contributed by atoms with van der Waals surface area (Å²) in [5.74, 6) is 2.74. The van der Waals surface area contributed by atoms with E-state index in [-0.39, 0.29) is 0 Å². The van der Waals surface area contributed by atoms with Crippen molar-refractivity contribution in [1.82, 2.24) is 0 Å². The van der Waals surface area contributed by atoms with Crippen LogP contribution in [0, 0.1) is 17.8 Å². The minimum absolute atomic E-state index is 0.833. The quantitative estimate of drug-likeness (QED) is 0.479. The molecule has 0 fully saturated rings. The Morgan fingerprint density at radius 2 is 1.00 bits per heavy atom. The average molecular weight is 228 g/mol. The molecule has 0 aromatic rings. The van der Waals surface area contributed by atoms with E-state index in [4.69, 9.17) is 0 Å². The van der Waals surface area contributed by atoms with Crippen LogP contribution in [0.4, 0.5) is 0 Å². The van der Waals surface area contributed by atoms with E-state index in [9.17, 15) is 0 Å². The molecule has 0 aliphatic rings. The molecule has 0 unspecified atom stereocenters. The Labute approximate surface area is 105 Å². The monoisotopic (exact) mass is 228 g/mol. The van der Waals surface area contributed by atoms with E-state index >= 15 is 0 Å². The topological polar surface area (TPSA) is 0 Å². The van der Waals surface area contributed by atoms with Crippen LogP contribution in [-0.4, -0.2) is 0 Å². The molecule has 0 nitrogen and oxygen atoms in total. The molecule has 0 N–H and O–H groups in total. The zero-order valence-corrected chi connectivity index (χ0v) is 13.0. The zero-order chi connectivity index (χ0) is 13.0. The summed E-state index contributed by atoms with van der Waals surface area (Å²) >= 11 is 0. The van der Waals surface area contributed by atoms with Gasteiger partial charge in [-0.2, -0.15) is 0 Å². The van der Waals surface area contributed by atoms with Crippen molar-refractivity contribution >= 4 is 0 Å². The van der Waals surface area contributed by atoms with Gasteiger partial charge in [0.05, 0.1) is 0 Å². The van der Waals surface area contributed by atoms with Gasteiger partial charge in [-0.3, -0.25) is 0 Å². The van der Waals surface area contributed by atoms with Gasteiger partial charge in [0.1, 0.15) is 0 Å². The summed E-state index contributed by atoms with van der Waals surface area (Å²) in [6.45, 7) is 15.8. The van der Waals surface area contributed by atoms with Crippen LogP contribution in [0.1, 0.15) is 87.0 Å². The van der Waals surface area contributed by atoms with E-state index in [1.807, 2.05) is 0 Å². The van der Waals surface area contributed by atoms with Crippen molar-refractivity contribution in [2.45, 2.75) is 87.0 Å². The molecule has 0 saturated carbocycles. The van der Waals surface area contributed by atoms with Crippen molar-refractivity contribution < 1.29 is 0 Å². The van der Waals surface area contributed by atoms with Crippen molar-refractivity contribution in [3.05, 3.63) is 0 Å². The molecule has 0 amide bonds.